The van der Waals surface area contributed by atoms with Crippen molar-refractivity contribution in [1.82, 2.24) is 10.2 Å². The molecule has 29 heavy (non-hydrogen) atoms. The molecular formula is C20H25N3O3S3. The molecule has 1 amide bonds. The number of thiophene rings is 1. The molecule has 2 N–H and O–H groups in total. The van der Waals surface area contributed by atoms with E-state index in [9.17, 15) is 13.2 Å². The van der Waals surface area contributed by atoms with Crippen molar-refractivity contribution >= 4 is 44.7 Å². The van der Waals surface area contributed by atoms with Gasteiger partial charge in [-0.05, 0) is 69.1 Å². The first-order chi connectivity index (χ1) is 13.8. The van der Waals surface area contributed by atoms with Gasteiger partial charge in [0.2, 0.25) is 10.0 Å². The number of nitrogens with zero attached hydrogens (tertiary/aromatic N) is 1. The third-order valence-corrected chi connectivity index (χ3v) is 8.45. The van der Waals surface area contributed by atoms with Gasteiger partial charge in [0, 0.05) is 22.7 Å². The van der Waals surface area contributed by atoms with Crippen molar-refractivity contribution in [3.63, 3.8) is 0 Å². The Labute approximate surface area is 180 Å². The Morgan fingerprint density at radius 3 is 2.66 bits per heavy atom. The number of carbonyl (C=O) groups is 1. The van der Waals surface area contributed by atoms with Crippen LogP contribution < -0.4 is 10.0 Å². The van der Waals surface area contributed by atoms with Gasteiger partial charge in [0.05, 0.1) is 15.3 Å². The summed E-state index contributed by atoms with van der Waals surface area (Å²) in [5.74, 6) is 0.581. The molecule has 1 aromatic heterocycles. The molecule has 3 saturated heterocycles. The van der Waals surface area contributed by atoms with Gasteiger partial charge in [0.15, 0.2) is 0 Å². The molecule has 0 aliphatic carbocycles. The van der Waals surface area contributed by atoms with E-state index < -0.39 is 10.0 Å². The van der Waals surface area contributed by atoms with Gasteiger partial charge in [-0.3, -0.25) is 14.4 Å². The molecule has 9 heteroatoms. The standard InChI is InChI=1S/C20H25N3O3S3/c1-13-19(14-8-10-23(13)11-9-14)21-20(24)17-6-7-18(28-17)27-16-5-3-4-15(12-16)22-29(2,25)26/h3-7,12-14,19,22H,8-11H2,1-2H3,(H,21,24)/t13-,19-/m0/s1. The maximum absolute atomic E-state index is 12.8. The Balaban J connectivity index is 1.41. The summed E-state index contributed by atoms with van der Waals surface area (Å²) in [6, 6.07) is 11.7. The largest absolute Gasteiger partial charge is 0.347 e. The lowest BCUT2D eigenvalue weighted by Gasteiger charge is -2.49. The number of sulfonamides is 1. The zero-order valence-corrected chi connectivity index (χ0v) is 18.9. The van der Waals surface area contributed by atoms with E-state index >= 15 is 0 Å². The van der Waals surface area contributed by atoms with Gasteiger partial charge in [-0.15, -0.1) is 11.3 Å². The fourth-order valence-corrected chi connectivity index (χ4v) is 6.84. The minimum Gasteiger partial charge on any atom is -0.347 e. The lowest BCUT2D eigenvalue weighted by atomic mass is 9.79. The van der Waals surface area contributed by atoms with Crippen molar-refractivity contribution in [2.75, 3.05) is 24.1 Å². The summed E-state index contributed by atoms with van der Waals surface area (Å²) in [5, 5.41) is 3.27. The number of hydrogen-bond acceptors (Lipinski definition) is 6. The highest BCUT2D eigenvalue weighted by molar-refractivity contribution is 8.01. The number of benzene rings is 1. The molecule has 0 radical (unpaired) electrons. The molecule has 0 spiro atoms. The quantitative estimate of drug-likeness (QED) is 0.703. The summed E-state index contributed by atoms with van der Waals surface area (Å²) in [4.78, 5) is 16.9. The van der Waals surface area contributed by atoms with E-state index in [4.69, 9.17) is 0 Å². The van der Waals surface area contributed by atoms with Crippen LogP contribution in [0, 0.1) is 5.92 Å². The molecule has 0 saturated carbocycles. The Hall–Kier alpha value is -1.55. The molecule has 4 heterocycles. The predicted octanol–water partition coefficient (Wildman–Crippen LogP) is 3.48. The van der Waals surface area contributed by atoms with Gasteiger partial charge in [0.1, 0.15) is 0 Å². The third-order valence-electron chi connectivity index (χ3n) is 5.64. The molecule has 0 unspecified atom stereocenters. The van der Waals surface area contributed by atoms with Crippen LogP contribution in [0.5, 0.6) is 0 Å². The lowest BCUT2D eigenvalue weighted by Crippen LogP contribution is -2.62. The van der Waals surface area contributed by atoms with Crippen LogP contribution in [-0.4, -0.2) is 50.7 Å². The molecule has 156 valence electrons. The van der Waals surface area contributed by atoms with Crippen molar-refractivity contribution in [3.8, 4) is 0 Å². The average Bonchev–Trinajstić information content (AvgIpc) is 3.12. The summed E-state index contributed by atoms with van der Waals surface area (Å²) in [6.07, 6.45) is 3.46. The smallest absolute Gasteiger partial charge is 0.261 e. The zero-order chi connectivity index (χ0) is 20.6. The molecule has 3 fully saturated rings. The third kappa shape index (κ3) is 4.96. The number of rotatable bonds is 6. The second-order valence-corrected chi connectivity index (χ2v) is 11.9. The van der Waals surface area contributed by atoms with Crippen LogP contribution in [0.15, 0.2) is 45.5 Å². The predicted molar refractivity (Wildman–Crippen MR) is 118 cm³/mol. The summed E-state index contributed by atoms with van der Waals surface area (Å²) in [6.45, 7) is 4.50. The number of anilines is 1. The first-order valence-corrected chi connectivity index (χ1v) is 13.2. The van der Waals surface area contributed by atoms with Gasteiger partial charge < -0.3 is 5.32 Å². The van der Waals surface area contributed by atoms with E-state index in [0.29, 0.717) is 22.5 Å². The SMILES string of the molecule is C[C@H]1[C@H](NC(=O)c2ccc(Sc3cccc(NS(C)(=O)=O)c3)s2)C2CCN1CC2. The van der Waals surface area contributed by atoms with E-state index in [0.717, 1.165) is 28.4 Å². The maximum atomic E-state index is 12.8. The van der Waals surface area contributed by atoms with Gasteiger partial charge in [-0.25, -0.2) is 8.42 Å². The van der Waals surface area contributed by atoms with Crippen LogP contribution in [0.1, 0.15) is 29.4 Å². The van der Waals surface area contributed by atoms with Gasteiger partial charge in [-0.2, -0.15) is 0 Å². The Morgan fingerprint density at radius 2 is 1.97 bits per heavy atom. The van der Waals surface area contributed by atoms with Crippen molar-refractivity contribution < 1.29 is 13.2 Å². The highest BCUT2D eigenvalue weighted by Gasteiger charge is 2.40. The summed E-state index contributed by atoms with van der Waals surface area (Å²) in [7, 11) is -3.31. The van der Waals surface area contributed by atoms with Gasteiger partial charge in [-0.1, -0.05) is 17.8 Å². The van der Waals surface area contributed by atoms with Crippen molar-refractivity contribution in [2.24, 2.45) is 5.92 Å². The average molecular weight is 452 g/mol. The molecule has 2 aromatic rings. The number of carbonyl (C=O) groups excluding carboxylic acids is 1. The summed E-state index contributed by atoms with van der Waals surface area (Å²) in [5.41, 5.74) is 0.531. The van der Waals surface area contributed by atoms with E-state index in [1.54, 1.807) is 12.1 Å². The highest BCUT2D eigenvalue weighted by Crippen LogP contribution is 2.36. The zero-order valence-electron chi connectivity index (χ0n) is 16.4. The molecule has 1 aromatic carbocycles. The van der Waals surface area contributed by atoms with Gasteiger partial charge >= 0.3 is 0 Å². The van der Waals surface area contributed by atoms with Crippen molar-refractivity contribution in [3.05, 3.63) is 41.3 Å². The fourth-order valence-electron chi connectivity index (χ4n) is 4.22. The first kappa shape index (κ1) is 20.7. The van der Waals surface area contributed by atoms with Crippen LogP contribution in [0.2, 0.25) is 0 Å². The van der Waals surface area contributed by atoms with Crippen LogP contribution in [-0.2, 0) is 10.0 Å². The minimum atomic E-state index is -3.31. The maximum Gasteiger partial charge on any atom is 0.261 e. The molecule has 5 rings (SSSR count). The second-order valence-electron chi connectivity index (χ2n) is 7.74. The van der Waals surface area contributed by atoms with E-state index in [-0.39, 0.29) is 11.9 Å². The molecule has 3 aliphatic rings. The van der Waals surface area contributed by atoms with Crippen LogP contribution >= 0.6 is 23.1 Å². The topological polar surface area (TPSA) is 78.5 Å². The lowest BCUT2D eigenvalue weighted by molar-refractivity contribution is 0.0218. The first-order valence-electron chi connectivity index (χ1n) is 9.69. The number of amides is 1. The van der Waals surface area contributed by atoms with Gasteiger partial charge in [0.25, 0.3) is 5.91 Å². The minimum absolute atomic E-state index is 0.0000521. The van der Waals surface area contributed by atoms with Crippen LogP contribution in [0.4, 0.5) is 5.69 Å². The number of hydrogen-bond donors (Lipinski definition) is 2. The van der Waals surface area contributed by atoms with Crippen molar-refractivity contribution in [1.29, 1.82) is 0 Å². The normalized spacial score (nSPS) is 26.3. The Bertz CT molecular complexity index is 995. The molecule has 2 atom stereocenters. The summed E-state index contributed by atoms with van der Waals surface area (Å²) >= 11 is 2.98. The second kappa shape index (κ2) is 8.29. The highest BCUT2D eigenvalue weighted by atomic mass is 32.2. The van der Waals surface area contributed by atoms with E-state index in [1.165, 1.54) is 35.9 Å². The van der Waals surface area contributed by atoms with E-state index in [2.05, 4.69) is 21.9 Å². The van der Waals surface area contributed by atoms with Crippen LogP contribution in [0.3, 0.4) is 0 Å². The molecule has 6 nitrogen and oxygen atoms in total. The van der Waals surface area contributed by atoms with E-state index in [1.807, 2.05) is 24.3 Å². The monoisotopic (exact) mass is 451 g/mol. The Morgan fingerprint density at radius 1 is 1.21 bits per heavy atom. The fraction of sp³-hybridized carbons (Fsp3) is 0.450. The number of nitrogens with one attached hydrogen (secondary N) is 2. The molecular weight excluding hydrogens is 426 g/mol. The molecule has 3 aliphatic heterocycles. The van der Waals surface area contributed by atoms with Crippen LogP contribution in [0.25, 0.3) is 0 Å². The van der Waals surface area contributed by atoms with Crippen molar-refractivity contribution in [2.45, 2.75) is 41.0 Å². The number of piperidine rings is 3. The molecule has 2 bridgehead atoms. The Kier molecular flexibility index (Phi) is 5.92. The summed E-state index contributed by atoms with van der Waals surface area (Å²) < 4.78 is 26.3. The number of fused-ring (bicyclic) bond motifs is 3.